The minimum absolute atomic E-state index is 0.0706. The normalized spacial score (nSPS) is 17.8. The van der Waals surface area contributed by atoms with Gasteiger partial charge < -0.3 is 9.73 Å². The molecule has 9 heteroatoms. The van der Waals surface area contributed by atoms with Gasteiger partial charge >= 0.3 is 0 Å². The number of furan rings is 1. The van der Waals surface area contributed by atoms with E-state index in [0.717, 1.165) is 5.70 Å². The smallest absolute Gasteiger partial charge is 0.270 e. The van der Waals surface area contributed by atoms with Crippen molar-refractivity contribution in [2.75, 3.05) is 10.2 Å². The van der Waals surface area contributed by atoms with E-state index in [4.69, 9.17) is 16.0 Å². The number of non-ortho nitro benzene ring substituents is 1. The number of nitro groups is 1. The average molecular weight is 568 g/mol. The maximum Gasteiger partial charge on any atom is 0.270 e. The van der Waals surface area contributed by atoms with Gasteiger partial charge in [-0.3, -0.25) is 24.6 Å². The second kappa shape index (κ2) is 10.1. The van der Waals surface area contributed by atoms with E-state index in [2.05, 4.69) is 19.2 Å². The van der Waals surface area contributed by atoms with Crippen molar-refractivity contribution in [3.05, 3.63) is 123 Å². The number of carbonyl (C=O) groups excluding carboxylic acids is 2. The minimum Gasteiger partial charge on any atom is -0.458 e. The summed E-state index contributed by atoms with van der Waals surface area (Å²) < 4.78 is 6.36. The Morgan fingerprint density at radius 2 is 1.76 bits per heavy atom. The number of anilines is 2. The van der Waals surface area contributed by atoms with E-state index in [0.29, 0.717) is 52.4 Å². The van der Waals surface area contributed by atoms with E-state index >= 15 is 0 Å². The molecule has 1 aromatic heterocycles. The molecule has 3 aromatic carbocycles. The lowest BCUT2D eigenvalue weighted by atomic mass is 9.74. The number of benzene rings is 3. The van der Waals surface area contributed by atoms with Crippen molar-refractivity contribution in [2.45, 2.75) is 32.7 Å². The highest BCUT2D eigenvalue weighted by molar-refractivity contribution is 6.33. The zero-order chi connectivity index (χ0) is 28.9. The number of Topliss-reactive ketones (excluding diaryl/α,β-unsaturated/α-hetero) is 1. The minimum atomic E-state index is -0.872. The summed E-state index contributed by atoms with van der Waals surface area (Å²) >= 11 is 6.42. The molecule has 0 spiro atoms. The quantitative estimate of drug-likeness (QED) is 0.198. The van der Waals surface area contributed by atoms with Crippen molar-refractivity contribution < 1.29 is 18.9 Å². The summed E-state index contributed by atoms with van der Waals surface area (Å²) in [7, 11) is 0. The monoisotopic (exact) mass is 567 g/mol. The molecule has 6 rings (SSSR count). The summed E-state index contributed by atoms with van der Waals surface area (Å²) in [4.78, 5) is 40.5. The Hall–Kier alpha value is -4.69. The average Bonchev–Trinajstić information content (AvgIpc) is 3.36. The van der Waals surface area contributed by atoms with Crippen LogP contribution in [0.1, 0.15) is 48.8 Å². The lowest BCUT2D eigenvalue weighted by Crippen LogP contribution is -2.39. The van der Waals surface area contributed by atoms with Crippen molar-refractivity contribution >= 4 is 40.4 Å². The number of nitrogens with one attached hydrogen (secondary N) is 1. The molecule has 2 heterocycles. The number of hydrogen-bond donors (Lipinski definition) is 1. The summed E-state index contributed by atoms with van der Waals surface area (Å²) in [6.45, 7) is 4.10. The van der Waals surface area contributed by atoms with Crippen molar-refractivity contribution in [1.29, 1.82) is 0 Å². The van der Waals surface area contributed by atoms with Gasteiger partial charge in [0.05, 0.1) is 21.3 Å². The second-order valence-corrected chi connectivity index (χ2v) is 11.4. The molecule has 0 unspecified atom stereocenters. The highest BCUT2D eigenvalue weighted by Crippen LogP contribution is 2.49. The third-order valence-corrected chi connectivity index (χ3v) is 7.78. The number of rotatable bonds is 4. The van der Waals surface area contributed by atoms with Crippen LogP contribution in [0, 0.1) is 15.5 Å². The Morgan fingerprint density at radius 3 is 2.49 bits per heavy atom. The molecule has 2 aliphatic rings. The summed E-state index contributed by atoms with van der Waals surface area (Å²) in [6, 6.07) is 23.1. The zero-order valence-electron chi connectivity index (χ0n) is 22.4. The zero-order valence-corrected chi connectivity index (χ0v) is 23.1. The van der Waals surface area contributed by atoms with Crippen LogP contribution < -0.4 is 10.2 Å². The predicted octanol–water partition coefficient (Wildman–Crippen LogP) is 7.97. The van der Waals surface area contributed by atoms with Crippen LogP contribution in [-0.4, -0.2) is 16.6 Å². The van der Waals surface area contributed by atoms with Crippen molar-refractivity contribution in [2.24, 2.45) is 5.41 Å². The van der Waals surface area contributed by atoms with Gasteiger partial charge in [-0.1, -0.05) is 55.8 Å². The first-order chi connectivity index (χ1) is 19.6. The van der Waals surface area contributed by atoms with E-state index in [1.165, 1.54) is 18.2 Å². The third kappa shape index (κ3) is 4.80. The van der Waals surface area contributed by atoms with Gasteiger partial charge in [-0.15, -0.1) is 0 Å². The van der Waals surface area contributed by atoms with Crippen molar-refractivity contribution in [3.8, 4) is 11.3 Å². The molecule has 41 heavy (non-hydrogen) atoms. The highest BCUT2D eigenvalue weighted by atomic mass is 35.5. The summed E-state index contributed by atoms with van der Waals surface area (Å²) in [6.07, 6.45) is 0.920. The lowest BCUT2D eigenvalue weighted by Gasteiger charge is -2.36. The Labute approximate surface area is 241 Å². The first kappa shape index (κ1) is 26.5. The lowest BCUT2D eigenvalue weighted by molar-refractivity contribution is -0.384. The highest BCUT2D eigenvalue weighted by Gasteiger charge is 2.44. The first-order valence-corrected chi connectivity index (χ1v) is 13.6. The molecule has 0 fully saturated rings. The van der Waals surface area contributed by atoms with Crippen LogP contribution in [0.4, 0.5) is 17.1 Å². The number of nitro benzene ring substituents is 1. The predicted molar refractivity (Wildman–Crippen MR) is 157 cm³/mol. The molecular weight excluding hydrogens is 542 g/mol. The van der Waals surface area contributed by atoms with Crippen molar-refractivity contribution in [1.82, 2.24) is 0 Å². The number of para-hydroxylation sites is 2. The molecule has 1 N–H and O–H groups in total. The number of nitrogens with zero attached hydrogens (tertiary/aromatic N) is 2. The van der Waals surface area contributed by atoms with E-state index in [-0.39, 0.29) is 27.8 Å². The molecule has 8 nitrogen and oxygen atoms in total. The fourth-order valence-corrected chi connectivity index (χ4v) is 5.93. The third-order valence-electron chi connectivity index (χ3n) is 7.47. The summed E-state index contributed by atoms with van der Waals surface area (Å²) in [5.41, 5.74) is 3.05. The first-order valence-electron chi connectivity index (χ1n) is 13.2. The molecule has 1 atom stereocenters. The maximum atomic E-state index is 14.3. The maximum absolute atomic E-state index is 14.3. The molecule has 4 aromatic rings. The Bertz CT molecular complexity index is 1740. The largest absolute Gasteiger partial charge is 0.458 e. The van der Waals surface area contributed by atoms with Gasteiger partial charge in [0, 0.05) is 41.0 Å². The van der Waals surface area contributed by atoms with Gasteiger partial charge in [0.1, 0.15) is 17.6 Å². The van der Waals surface area contributed by atoms with E-state index in [9.17, 15) is 19.7 Å². The molecule has 1 aliphatic carbocycles. The fraction of sp³-hybridized carbons (Fsp3) is 0.188. The Kier molecular flexibility index (Phi) is 6.50. The number of hydrogen-bond acceptors (Lipinski definition) is 6. The van der Waals surface area contributed by atoms with Gasteiger partial charge in [0.25, 0.3) is 11.6 Å². The molecule has 0 bridgehead atoms. The van der Waals surface area contributed by atoms with Gasteiger partial charge in [0.15, 0.2) is 5.78 Å². The Morgan fingerprint density at radius 1 is 1.02 bits per heavy atom. The van der Waals surface area contributed by atoms with Crippen LogP contribution in [0.25, 0.3) is 11.3 Å². The number of amides is 1. The molecule has 1 aliphatic heterocycles. The summed E-state index contributed by atoms with van der Waals surface area (Å²) in [5, 5.41) is 14.9. The molecule has 0 saturated heterocycles. The van der Waals surface area contributed by atoms with E-state index < -0.39 is 11.0 Å². The SMILES string of the molecule is CC1(C)CC(=O)C2=C(C1)Nc1ccccc1N(C(=O)c1ccccc1)[C@@H]2c1ccc(-c2ccc([N+](=O)[O-])cc2Cl)o1. The van der Waals surface area contributed by atoms with Gasteiger partial charge in [-0.2, -0.15) is 0 Å². The standard InChI is InChI=1S/C32H26ClN3O5/c1-32(2)17-24-29(26(37)18-32)30(28-15-14-27(41-28)21-13-12-20(36(39)40)16-22(21)33)35(25-11-7-6-10-23(25)34-24)31(38)19-8-4-3-5-9-19/h3-16,30,34H,17-18H2,1-2H3/t30-/m1/s1. The van der Waals surface area contributed by atoms with Crippen LogP contribution in [0.15, 0.2) is 101 Å². The van der Waals surface area contributed by atoms with E-state index in [1.807, 2.05) is 30.3 Å². The molecule has 206 valence electrons. The Balaban J connectivity index is 1.56. The van der Waals surface area contributed by atoms with Gasteiger partial charge in [-0.25, -0.2) is 0 Å². The second-order valence-electron chi connectivity index (χ2n) is 11.0. The van der Waals surface area contributed by atoms with E-state index in [1.54, 1.807) is 41.3 Å². The summed E-state index contributed by atoms with van der Waals surface area (Å²) in [5.74, 6) is 0.377. The number of carbonyl (C=O) groups is 2. The topological polar surface area (TPSA) is 106 Å². The molecule has 0 saturated carbocycles. The number of ketones is 1. The number of fused-ring (bicyclic) bond motifs is 1. The number of halogens is 1. The van der Waals surface area contributed by atoms with Gasteiger partial charge in [-0.05, 0) is 54.3 Å². The molecule has 1 amide bonds. The van der Waals surface area contributed by atoms with Crippen molar-refractivity contribution in [3.63, 3.8) is 0 Å². The molecular formula is C32H26ClN3O5. The van der Waals surface area contributed by atoms with Crippen LogP contribution >= 0.6 is 11.6 Å². The van der Waals surface area contributed by atoms with Gasteiger partial charge in [0.2, 0.25) is 0 Å². The fourth-order valence-electron chi connectivity index (χ4n) is 5.66. The molecule has 0 radical (unpaired) electrons. The van der Waals surface area contributed by atoms with Crippen LogP contribution in [0.5, 0.6) is 0 Å². The number of allylic oxidation sites excluding steroid dienone is 1. The van der Waals surface area contributed by atoms with Crippen LogP contribution in [-0.2, 0) is 4.79 Å². The van der Waals surface area contributed by atoms with Crippen LogP contribution in [0.3, 0.4) is 0 Å². The van der Waals surface area contributed by atoms with Crippen LogP contribution in [0.2, 0.25) is 5.02 Å².